The zero-order valence-corrected chi connectivity index (χ0v) is 20.8. The highest BCUT2D eigenvalue weighted by atomic mass is 127. The summed E-state index contributed by atoms with van der Waals surface area (Å²) in [6.45, 7) is 6.61. The van der Waals surface area contributed by atoms with Gasteiger partial charge in [-0.3, -0.25) is 4.99 Å². The maximum atomic E-state index is 5.79. The van der Waals surface area contributed by atoms with Gasteiger partial charge in [-0.2, -0.15) is 0 Å². The Hall–Kier alpha value is -1.91. The predicted molar refractivity (Wildman–Crippen MR) is 135 cm³/mol. The van der Waals surface area contributed by atoms with E-state index in [1.165, 1.54) is 0 Å². The van der Waals surface area contributed by atoms with Crippen LogP contribution in [-0.2, 0) is 22.6 Å². The smallest absolute Gasteiger partial charge is 0.213 e. The fourth-order valence-electron chi connectivity index (χ4n) is 2.59. The average molecular weight is 542 g/mol. The first-order valence-corrected chi connectivity index (χ1v) is 10.5. The molecule has 0 aliphatic heterocycles. The maximum Gasteiger partial charge on any atom is 0.213 e. The molecular weight excluding hydrogens is 507 g/mol. The minimum absolute atomic E-state index is 0. The summed E-state index contributed by atoms with van der Waals surface area (Å²) in [5.74, 6) is 1.33. The van der Waals surface area contributed by atoms with Crippen molar-refractivity contribution < 1.29 is 14.2 Å². The summed E-state index contributed by atoms with van der Waals surface area (Å²) in [4.78, 5) is 8.52. The Labute approximate surface area is 203 Å². The van der Waals surface area contributed by atoms with Gasteiger partial charge in [-0.1, -0.05) is 43.7 Å². The summed E-state index contributed by atoms with van der Waals surface area (Å²) in [6.07, 6.45) is 4.00. The van der Waals surface area contributed by atoms with Crippen LogP contribution < -0.4 is 15.4 Å². The van der Waals surface area contributed by atoms with Crippen molar-refractivity contribution in [2.24, 2.45) is 4.99 Å². The summed E-state index contributed by atoms with van der Waals surface area (Å²) in [5.41, 5.74) is 2.18. The van der Waals surface area contributed by atoms with Crippen molar-refractivity contribution in [3.8, 4) is 5.88 Å². The van der Waals surface area contributed by atoms with Gasteiger partial charge >= 0.3 is 0 Å². The number of aliphatic imine (C=N–C) groups is 1. The lowest BCUT2D eigenvalue weighted by molar-refractivity contribution is 0.0487. The highest BCUT2D eigenvalue weighted by Crippen LogP contribution is 2.11. The van der Waals surface area contributed by atoms with Crippen LogP contribution >= 0.6 is 24.0 Å². The molecule has 0 fully saturated rings. The van der Waals surface area contributed by atoms with E-state index in [0.29, 0.717) is 45.4 Å². The van der Waals surface area contributed by atoms with Crippen molar-refractivity contribution in [1.82, 2.24) is 15.6 Å². The molecule has 0 aliphatic rings. The number of unbranched alkanes of at least 4 members (excludes halogenated alkanes) is 1. The Kier molecular flexibility index (Phi) is 15.5. The van der Waals surface area contributed by atoms with E-state index in [2.05, 4.69) is 27.5 Å². The summed E-state index contributed by atoms with van der Waals surface area (Å²) >= 11 is 0. The number of aromatic nitrogens is 1. The minimum Gasteiger partial charge on any atom is -0.473 e. The lowest BCUT2D eigenvalue weighted by Crippen LogP contribution is -2.38. The first kappa shape index (κ1) is 27.1. The van der Waals surface area contributed by atoms with E-state index < -0.39 is 0 Å². The molecule has 2 rings (SSSR count). The molecule has 8 heteroatoms. The fraction of sp³-hybridized carbons (Fsp3) is 0.478. The SMILES string of the molecule is CCCCOCCOCCNC(=NC)NCc1ccnc(OCc2ccccc2)c1.I. The van der Waals surface area contributed by atoms with Gasteiger partial charge in [-0.25, -0.2) is 4.98 Å². The molecular formula is C23H35IN4O3. The zero-order valence-electron chi connectivity index (χ0n) is 18.5. The average Bonchev–Trinajstić information content (AvgIpc) is 2.79. The van der Waals surface area contributed by atoms with Crippen molar-refractivity contribution in [2.45, 2.75) is 32.9 Å². The van der Waals surface area contributed by atoms with Crippen LogP contribution in [0.3, 0.4) is 0 Å². The first-order chi connectivity index (χ1) is 14.8. The van der Waals surface area contributed by atoms with E-state index in [4.69, 9.17) is 14.2 Å². The molecule has 7 nitrogen and oxygen atoms in total. The largest absolute Gasteiger partial charge is 0.473 e. The molecule has 1 aromatic carbocycles. The van der Waals surface area contributed by atoms with E-state index in [0.717, 1.165) is 36.5 Å². The molecule has 172 valence electrons. The number of halogens is 1. The second-order valence-corrected chi connectivity index (χ2v) is 6.71. The number of nitrogens with zero attached hydrogens (tertiary/aromatic N) is 2. The zero-order chi connectivity index (χ0) is 21.3. The fourth-order valence-corrected chi connectivity index (χ4v) is 2.59. The van der Waals surface area contributed by atoms with Crippen LogP contribution in [0, 0.1) is 0 Å². The van der Waals surface area contributed by atoms with Crippen LogP contribution in [0.5, 0.6) is 5.88 Å². The Bertz CT molecular complexity index is 732. The number of benzene rings is 1. The van der Waals surface area contributed by atoms with Gasteiger partial charge in [0.1, 0.15) is 6.61 Å². The molecule has 0 bridgehead atoms. The highest BCUT2D eigenvalue weighted by Gasteiger charge is 2.02. The van der Waals surface area contributed by atoms with E-state index in [9.17, 15) is 0 Å². The van der Waals surface area contributed by atoms with Crippen LogP contribution in [0.4, 0.5) is 0 Å². The van der Waals surface area contributed by atoms with Crippen LogP contribution in [0.15, 0.2) is 53.7 Å². The molecule has 1 aromatic heterocycles. The van der Waals surface area contributed by atoms with E-state index in [-0.39, 0.29) is 24.0 Å². The van der Waals surface area contributed by atoms with Gasteiger partial charge in [0, 0.05) is 39.0 Å². The monoisotopic (exact) mass is 542 g/mol. The molecule has 31 heavy (non-hydrogen) atoms. The molecule has 2 N–H and O–H groups in total. The Morgan fingerprint density at radius 3 is 2.48 bits per heavy atom. The minimum atomic E-state index is 0. The van der Waals surface area contributed by atoms with E-state index >= 15 is 0 Å². The van der Waals surface area contributed by atoms with Crippen molar-refractivity contribution in [3.63, 3.8) is 0 Å². The standard InChI is InChI=1S/C23H34N4O3.HI/c1-3-4-13-28-15-16-29-14-12-26-23(24-2)27-18-21-10-11-25-22(17-21)30-19-20-8-6-5-7-9-20;/h5-11,17H,3-4,12-16,18-19H2,1-2H3,(H2,24,26,27);1H. The second-order valence-electron chi connectivity index (χ2n) is 6.71. The van der Waals surface area contributed by atoms with Gasteiger partial charge < -0.3 is 24.8 Å². The topological polar surface area (TPSA) is 77.0 Å². The normalized spacial score (nSPS) is 11.0. The molecule has 0 amide bonds. The highest BCUT2D eigenvalue weighted by molar-refractivity contribution is 14.0. The molecule has 0 atom stereocenters. The van der Waals surface area contributed by atoms with Gasteiger partial charge in [0.05, 0.1) is 19.8 Å². The van der Waals surface area contributed by atoms with E-state index in [1.807, 2.05) is 42.5 Å². The third-order valence-corrected chi connectivity index (χ3v) is 4.27. The van der Waals surface area contributed by atoms with Crippen LogP contribution in [-0.4, -0.2) is 51.0 Å². The summed E-state index contributed by atoms with van der Waals surface area (Å²) in [5, 5.41) is 6.53. The van der Waals surface area contributed by atoms with Gasteiger partial charge in [0.25, 0.3) is 0 Å². The summed E-state index contributed by atoms with van der Waals surface area (Å²) in [7, 11) is 1.75. The molecule has 2 aromatic rings. The predicted octanol–water partition coefficient (Wildman–Crippen LogP) is 3.78. The molecule has 1 heterocycles. The maximum absolute atomic E-state index is 5.79. The number of rotatable bonds is 14. The van der Waals surface area contributed by atoms with Crippen LogP contribution in [0.25, 0.3) is 0 Å². The van der Waals surface area contributed by atoms with E-state index in [1.54, 1.807) is 13.2 Å². The van der Waals surface area contributed by atoms with Crippen molar-refractivity contribution in [3.05, 3.63) is 59.8 Å². The number of hydrogen-bond acceptors (Lipinski definition) is 5. The number of ether oxygens (including phenoxy) is 3. The lowest BCUT2D eigenvalue weighted by Gasteiger charge is -2.13. The van der Waals surface area contributed by atoms with Gasteiger partial charge in [-0.15, -0.1) is 24.0 Å². The molecule has 0 aliphatic carbocycles. The van der Waals surface area contributed by atoms with Crippen LogP contribution in [0.2, 0.25) is 0 Å². The Morgan fingerprint density at radius 1 is 0.968 bits per heavy atom. The summed E-state index contributed by atoms with van der Waals surface area (Å²) < 4.78 is 16.8. The van der Waals surface area contributed by atoms with Gasteiger partial charge in [0.2, 0.25) is 5.88 Å². The van der Waals surface area contributed by atoms with Gasteiger partial charge in [-0.05, 0) is 23.6 Å². The Balaban J connectivity index is 0.00000480. The third kappa shape index (κ3) is 12.5. The molecule has 0 saturated heterocycles. The van der Waals surface area contributed by atoms with Crippen molar-refractivity contribution >= 4 is 29.9 Å². The molecule has 0 unspecified atom stereocenters. The third-order valence-electron chi connectivity index (χ3n) is 4.27. The summed E-state index contributed by atoms with van der Waals surface area (Å²) in [6, 6.07) is 13.9. The molecule has 0 spiro atoms. The first-order valence-electron chi connectivity index (χ1n) is 10.5. The van der Waals surface area contributed by atoms with Crippen LogP contribution in [0.1, 0.15) is 30.9 Å². The Morgan fingerprint density at radius 2 is 1.74 bits per heavy atom. The molecule has 0 radical (unpaired) electrons. The second kappa shape index (κ2) is 17.7. The molecule has 0 saturated carbocycles. The number of pyridine rings is 1. The van der Waals surface area contributed by atoms with Crippen molar-refractivity contribution in [1.29, 1.82) is 0 Å². The number of hydrogen-bond donors (Lipinski definition) is 2. The lowest BCUT2D eigenvalue weighted by atomic mass is 10.2. The van der Waals surface area contributed by atoms with Gasteiger partial charge in [0.15, 0.2) is 5.96 Å². The number of nitrogens with one attached hydrogen (secondary N) is 2. The number of guanidine groups is 1. The quantitative estimate of drug-likeness (QED) is 0.164. The van der Waals surface area contributed by atoms with Crippen molar-refractivity contribution in [2.75, 3.05) is 40.0 Å².